The van der Waals surface area contributed by atoms with Crippen LogP contribution in [-0.4, -0.2) is 55.6 Å². The third-order valence-electron chi connectivity index (χ3n) is 8.13. The molecule has 0 unspecified atom stereocenters. The van der Waals surface area contributed by atoms with Gasteiger partial charge in [0.05, 0.1) is 17.2 Å². The Hall–Kier alpha value is -1.73. The summed E-state index contributed by atoms with van der Waals surface area (Å²) in [7, 11) is -4.15. The van der Waals surface area contributed by atoms with E-state index in [1.54, 1.807) is 0 Å². The minimum Gasteiger partial charge on any atom is -0.365 e. The molecule has 0 bridgehead atoms. The largest absolute Gasteiger partial charge is 0.365 e. The topological polar surface area (TPSA) is 108 Å². The maximum absolute atomic E-state index is 13.6. The summed E-state index contributed by atoms with van der Waals surface area (Å²) >= 11 is 0. The van der Waals surface area contributed by atoms with Crippen LogP contribution in [0.3, 0.4) is 0 Å². The summed E-state index contributed by atoms with van der Waals surface area (Å²) in [6.07, 6.45) is 11.7. The Morgan fingerprint density at radius 1 is 1.06 bits per heavy atom. The molecular weight excluding hydrogens is 475 g/mol. The number of nitrogens with one attached hydrogen (secondary N) is 1. The van der Waals surface area contributed by atoms with Crippen LogP contribution in [0.5, 0.6) is 0 Å². The van der Waals surface area contributed by atoms with Crippen molar-refractivity contribution >= 4 is 24.4 Å². The number of hydrogen-bond acceptors (Lipinski definition) is 5. The highest BCUT2D eigenvalue weighted by Crippen LogP contribution is 2.38. The normalized spacial score (nSPS) is 25.8. The molecule has 2 fully saturated rings. The van der Waals surface area contributed by atoms with Crippen molar-refractivity contribution in [1.82, 2.24) is 14.5 Å². The van der Waals surface area contributed by atoms with E-state index >= 15 is 0 Å². The van der Waals surface area contributed by atoms with E-state index in [1.165, 1.54) is 38.5 Å². The van der Waals surface area contributed by atoms with Gasteiger partial charge in [-0.25, -0.2) is 4.98 Å². The predicted octanol–water partition coefficient (Wildman–Crippen LogP) is 5.15. The van der Waals surface area contributed by atoms with Gasteiger partial charge in [0, 0.05) is 31.2 Å². The Kier molecular flexibility index (Phi) is 9.26. The first-order chi connectivity index (χ1) is 17.3. The second kappa shape index (κ2) is 12.2. The van der Waals surface area contributed by atoms with Gasteiger partial charge in [-0.05, 0) is 50.2 Å². The van der Waals surface area contributed by atoms with Crippen LogP contribution < -0.4 is 10.9 Å². The van der Waals surface area contributed by atoms with Crippen molar-refractivity contribution in [2.75, 3.05) is 24.6 Å². The fourth-order valence-corrected chi connectivity index (χ4v) is 6.97. The summed E-state index contributed by atoms with van der Waals surface area (Å²) in [5.41, 5.74) is 1.35. The molecule has 1 aromatic carbocycles. The number of hydrogen-bond donors (Lipinski definition) is 3. The molecule has 1 aromatic heterocycles. The molecule has 1 saturated heterocycles. The maximum Gasteiger partial charge on any atom is 0.327 e. The zero-order chi connectivity index (χ0) is 25.7. The summed E-state index contributed by atoms with van der Waals surface area (Å²) in [5, 5.41) is 2.91. The molecule has 1 saturated carbocycles. The summed E-state index contributed by atoms with van der Waals surface area (Å²) in [6, 6.07) is 8.90. The van der Waals surface area contributed by atoms with E-state index in [-0.39, 0.29) is 30.1 Å². The van der Waals surface area contributed by atoms with E-state index in [0.29, 0.717) is 12.1 Å². The maximum atomic E-state index is 13.6. The lowest BCUT2D eigenvalue weighted by atomic mass is 9.80. The molecule has 2 aliphatic rings. The molecule has 2 aromatic rings. The second-order valence-electron chi connectivity index (χ2n) is 10.8. The molecule has 4 rings (SSSR count). The molecule has 200 valence electrons. The molecule has 0 radical (unpaired) electrons. The van der Waals surface area contributed by atoms with Gasteiger partial charge in [0.15, 0.2) is 5.82 Å². The zero-order valence-electron chi connectivity index (χ0n) is 21.8. The van der Waals surface area contributed by atoms with Crippen LogP contribution in [-0.2, 0) is 4.57 Å². The van der Waals surface area contributed by atoms with Crippen LogP contribution in [0.25, 0.3) is 11.0 Å². The van der Waals surface area contributed by atoms with Gasteiger partial charge in [-0.1, -0.05) is 58.1 Å². The van der Waals surface area contributed by atoms with Crippen LogP contribution in [0, 0.1) is 5.92 Å². The van der Waals surface area contributed by atoms with Crippen molar-refractivity contribution in [3.63, 3.8) is 0 Å². The number of aromatic nitrogens is 2. The Labute approximate surface area is 214 Å². The second-order valence-corrected chi connectivity index (χ2v) is 12.5. The van der Waals surface area contributed by atoms with Crippen LogP contribution in [0.15, 0.2) is 29.1 Å². The molecule has 4 atom stereocenters. The minimum atomic E-state index is -4.15. The Balaban J connectivity index is 1.59. The van der Waals surface area contributed by atoms with E-state index < -0.39 is 7.60 Å². The summed E-state index contributed by atoms with van der Waals surface area (Å²) in [4.78, 5) is 39.3. The fourth-order valence-electron chi connectivity index (χ4n) is 6.57. The first kappa shape index (κ1) is 27.3. The number of para-hydroxylation sites is 2. The molecule has 36 heavy (non-hydrogen) atoms. The fraction of sp³-hybridized carbons (Fsp3) is 0.704. The highest BCUT2D eigenvalue weighted by molar-refractivity contribution is 7.51. The standard InChI is InChI=1S/C27H43N4O4P/c1-3-8-20-10-7-11-22(18-20)30-16-14-23(19-21(30)9-4-2)31-25-13-6-5-12-24(25)29-26(27(31)32)28-15-17-36(33,34)35/h5-6,12-13,20-23H,3-4,7-11,14-19H2,1-2H3,(H,28,29)(H2,33,34,35)/t20-,21-,22-,23-/m1/s1. The number of likely N-dealkylation sites (tertiary alicyclic amines) is 1. The number of nitrogens with zero attached hydrogens (tertiary/aromatic N) is 3. The van der Waals surface area contributed by atoms with Gasteiger partial charge in [-0.15, -0.1) is 0 Å². The number of benzene rings is 1. The highest BCUT2D eigenvalue weighted by Gasteiger charge is 2.36. The van der Waals surface area contributed by atoms with E-state index in [1.807, 2.05) is 28.8 Å². The Morgan fingerprint density at radius 3 is 2.58 bits per heavy atom. The van der Waals surface area contributed by atoms with Gasteiger partial charge < -0.3 is 19.7 Å². The Bertz CT molecular complexity index is 1110. The Morgan fingerprint density at radius 2 is 1.83 bits per heavy atom. The average molecular weight is 519 g/mol. The first-order valence-electron chi connectivity index (χ1n) is 13.9. The van der Waals surface area contributed by atoms with Crippen LogP contribution in [0.1, 0.15) is 84.1 Å². The lowest BCUT2D eigenvalue weighted by Crippen LogP contribution is -2.51. The molecule has 3 N–H and O–H groups in total. The quantitative estimate of drug-likeness (QED) is 0.373. The number of anilines is 1. The molecule has 1 aliphatic carbocycles. The van der Waals surface area contributed by atoms with Crippen molar-refractivity contribution in [2.24, 2.45) is 5.92 Å². The number of piperidine rings is 1. The van der Waals surface area contributed by atoms with E-state index in [0.717, 1.165) is 49.2 Å². The van der Waals surface area contributed by atoms with Gasteiger partial charge in [-0.3, -0.25) is 14.3 Å². The average Bonchev–Trinajstić information content (AvgIpc) is 2.84. The first-order valence-corrected chi connectivity index (χ1v) is 15.7. The molecule has 8 nitrogen and oxygen atoms in total. The lowest BCUT2D eigenvalue weighted by molar-refractivity contribution is 0.0353. The van der Waals surface area contributed by atoms with Crippen LogP contribution >= 0.6 is 7.60 Å². The zero-order valence-corrected chi connectivity index (χ0v) is 22.7. The lowest BCUT2D eigenvalue weighted by Gasteiger charge is -2.47. The van der Waals surface area contributed by atoms with Gasteiger partial charge in [0.2, 0.25) is 0 Å². The van der Waals surface area contributed by atoms with Crippen molar-refractivity contribution in [1.29, 1.82) is 0 Å². The van der Waals surface area contributed by atoms with Crippen molar-refractivity contribution < 1.29 is 14.4 Å². The van der Waals surface area contributed by atoms with Crippen LogP contribution in [0.2, 0.25) is 0 Å². The third-order valence-corrected chi connectivity index (χ3v) is 8.94. The predicted molar refractivity (Wildman–Crippen MR) is 146 cm³/mol. The SMILES string of the molecule is CCC[C@@H]1CCC[C@@H](N2CC[C@@H](n3c(=O)c(NCCP(=O)(O)O)nc4ccccc43)C[C@H]2CCC)C1. The van der Waals surface area contributed by atoms with Gasteiger partial charge in [-0.2, -0.15) is 0 Å². The summed E-state index contributed by atoms with van der Waals surface area (Å²) in [5.74, 6) is 1.02. The third kappa shape index (κ3) is 6.58. The van der Waals surface area contributed by atoms with Gasteiger partial charge >= 0.3 is 7.60 Å². The van der Waals surface area contributed by atoms with Crippen LogP contribution in [0.4, 0.5) is 5.82 Å². The van der Waals surface area contributed by atoms with E-state index in [4.69, 9.17) is 0 Å². The van der Waals surface area contributed by atoms with E-state index in [2.05, 4.69) is 29.0 Å². The molecule has 9 heteroatoms. The molecule has 1 aliphatic heterocycles. The monoisotopic (exact) mass is 518 g/mol. The molecular formula is C27H43N4O4P. The van der Waals surface area contributed by atoms with Crippen molar-refractivity contribution in [3.8, 4) is 0 Å². The molecule has 2 heterocycles. The van der Waals surface area contributed by atoms with Gasteiger partial charge in [0.1, 0.15) is 0 Å². The summed E-state index contributed by atoms with van der Waals surface area (Å²) in [6.45, 7) is 5.55. The summed E-state index contributed by atoms with van der Waals surface area (Å²) < 4.78 is 13.2. The number of fused-ring (bicyclic) bond motifs is 1. The number of rotatable bonds is 10. The minimum absolute atomic E-state index is 0.00235. The smallest absolute Gasteiger partial charge is 0.327 e. The highest BCUT2D eigenvalue weighted by atomic mass is 31.2. The molecule has 0 amide bonds. The van der Waals surface area contributed by atoms with E-state index in [9.17, 15) is 19.1 Å². The molecule has 0 spiro atoms. The van der Waals surface area contributed by atoms with Crippen molar-refractivity contribution in [3.05, 3.63) is 34.6 Å². The van der Waals surface area contributed by atoms with Gasteiger partial charge in [0.25, 0.3) is 5.56 Å². The van der Waals surface area contributed by atoms with Crippen molar-refractivity contribution in [2.45, 2.75) is 96.2 Å².